The minimum absolute atomic E-state index is 0.00580. The lowest BCUT2D eigenvalue weighted by molar-refractivity contribution is -0.138. The van der Waals surface area contributed by atoms with Crippen LogP contribution in [0, 0.1) is 13.8 Å². The standard InChI is InChI=1S/C34H29F6NO4/c1-18-5-8-26(28-15-21(6-10-30(28)44-4)27-9-7-25(42)16-29(27)34(38,39)40)23(11-18)17-41-20(3)31(45-32(41)43)22-12-19(2)13-24(14-22)33(35,36)37/h5-16,20,31,42H,17H2,1-4H3/t20-,31-/m0/s1. The number of carbonyl (C=O) groups is 1. The fourth-order valence-electron chi connectivity index (χ4n) is 5.70. The zero-order valence-corrected chi connectivity index (χ0v) is 24.7. The quantitative estimate of drug-likeness (QED) is 0.216. The van der Waals surface area contributed by atoms with Crippen LogP contribution in [0.5, 0.6) is 11.5 Å². The third-order valence-corrected chi connectivity index (χ3v) is 7.86. The third kappa shape index (κ3) is 6.43. The van der Waals surface area contributed by atoms with Gasteiger partial charge < -0.3 is 14.6 Å². The van der Waals surface area contributed by atoms with Gasteiger partial charge in [-0.15, -0.1) is 0 Å². The number of nitrogens with zero attached hydrogens (tertiary/aromatic N) is 1. The van der Waals surface area contributed by atoms with E-state index in [0.717, 1.165) is 17.7 Å². The average molecular weight is 630 g/mol. The van der Waals surface area contributed by atoms with Crippen LogP contribution in [0.2, 0.25) is 0 Å². The SMILES string of the molecule is COc1ccc(-c2ccc(O)cc2C(F)(F)F)cc1-c1ccc(C)cc1CN1C(=O)O[C@H](c2cc(C)cc(C(F)(F)F)c2)[C@@H]1C. The van der Waals surface area contributed by atoms with Crippen molar-refractivity contribution in [2.45, 2.75) is 51.8 Å². The Labute approximate surface area is 255 Å². The minimum Gasteiger partial charge on any atom is -0.508 e. The van der Waals surface area contributed by atoms with Gasteiger partial charge in [-0.05, 0) is 85.0 Å². The molecule has 1 fully saturated rings. The number of phenols is 1. The molecule has 11 heteroatoms. The first-order valence-corrected chi connectivity index (χ1v) is 13.9. The van der Waals surface area contributed by atoms with Crippen LogP contribution in [0.4, 0.5) is 31.1 Å². The Morgan fingerprint density at radius 1 is 0.822 bits per heavy atom. The summed E-state index contributed by atoms with van der Waals surface area (Å²) in [6.07, 6.45) is -11.0. The molecule has 0 aromatic heterocycles. The number of phenolic OH excluding ortho intramolecular Hbond substituents is 1. The van der Waals surface area contributed by atoms with Crippen molar-refractivity contribution in [3.05, 3.63) is 106 Å². The number of carbonyl (C=O) groups excluding carboxylic acids is 1. The van der Waals surface area contributed by atoms with Gasteiger partial charge in [0.05, 0.1) is 30.8 Å². The average Bonchev–Trinajstić information content (AvgIpc) is 3.24. The van der Waals surface area contributed by atoms with Crippen LogP contribution in [0.1, 0.15) is 46.4 Å². The van der Waals surface area contributed by atoms with Crippen LogP contribution in [-0.2, 0) is 23.6 Å². The van der Waals surface area contributed by atoms with Crippen molar-refractivity contribution in [1.82, 2.24) is 4.90 Å². The van der Waals surface area contributed by atoms with Gasteiger partial charge in [-0.3, -0.25) is 4.90 Å². The van der Waals surface area contributed by atoms with Crippen LogP contribution in [0.15, 0.2) is 72.8 Å². The molecule has 1 N–H and O–H groups in total. The molecule has 1 saturated heterocycles. The number of ether oxygens (including phenoxy) is 2. The minimum atomic E-state index is -4.73. The maximum Gasteiger partial charge on any atom is 0.417 e. The largest absolute Gasteiger partial charge is 0.508 e. The number of amides is 1. The van der Waals surface area contributed by atoms with Gasteiger partial charge in [0.1, 0.15) is 17.6 Å². The lowest BCUT2D eigenvalue weighted by atomic mass is 9.91. The summed E-state index contributed by atoms with van der Waals surface area (Å²) in [7, 11) is 1.43. The summed E-state index contributed by atoms with van der Waals surface area (Å²) in [5, 5.41) is 9.75. The highest BCUT2D eigenvalue weighted by Crippen LogP contribution is 2.43. The summed E-state index contributed by atoms with van der Waals surface area (Å²) in [5.74, 6) is -0.156. The van der Waals surface area contributed by atoms with Gasteiger partial charge in [-0.2, -0.15) is 26.3 Å². The molecule has 236 valence electrons. The van der Waals surface area contributed by atoms with Gasteiger partial charge >= 0.3 is 18.4 Å². The molecule has 5 rings (SSSR count). The van der Waals surface area contributed by atoms with E-state index in [-0.39, 0.29) is 23.2 Å². The number of hydrogen-bond acceptors (Lipinski definition) is 4. The Morgan fingerprint density at radius 3 is 2.20 bits per heavy atom. The number of alkyl halides is 6. The second-order valence-electron chi connectivity index (χ2n) is 11.1. The topological polar surface area (TPSA) is 59.0 Å². The Balaban J connectivity index is 1.55. The van der Waals surface area contributed by atoms with Crippen LogP contribution >= 0.6 is 0 Å². The molecular weight excluding hydrogens is 600 g/mol. The Bertz CT molecular complexity index is 1770. The van der Waals surface area contributed by atoms with E-state index in [9.17, 15) is 36.2 Å². The molecule has 0 spiro atoms. The van der Waals surface area contributed by atoms with E-state index in [1.807, 2.05) is 19.1 Å². The second kappa shape index (κ2) is 11.7. The van der Waals surface area contributed by atoms with Gasteiger partial charge in [0.2, 0.25) is 0 Å². The van der Waals surface area contributed by atoms with E-state index in [1.165, 1.54) is 37.1 Å². The molecule has 5 nitrogen and oxygen atoms in total. The maximum atomic E-state index is 13.9. The van der Waals surface area contributed by atoms with Gasteiger partial charge in [-0.1, -0.05) is 47.5 Å². The highest BCUT2D eigenvalue weighted by atomic mass is 19.4. The van der Waals surface area contributed by atoms with Crippen molar-refractivity contribution in [1.29, 1.82) is 0 Å². The molecule has 45 heavy (non-hydrogen) atoms. The van der Waals surface area contributed by atoms with Crippen LogP contribution in [0.25, 0.3) is 22.3 Å². The molecular formula is C34H29F6NO4. The number of aromatic hydroxyl groups is 1. The Hall–Kier alpha value is -4.67. The summed E-state index contributed by atoms with van der Waals surface area (Å²) in [4.78, 5) is 14.5. The van der Waals surface area contributed by atoms with Crippen molar-refractivity contribution in [3.63, 3.8) is 0 Å². The highest BCUT2D eigenvalue weighted by Gasteiger charge is 2.41. The molecule has 1 aliphatic rings. The summed E-state index contributed by atoms with van der Waals surface area (Å²) in [5.41, 5.74) is 1.31. The van der Waals surface area contributed by atoms with E-state index < -0.39 is 47.5 Å². The predicted molar refractivity (Wildman–Crippen MR) is 156 cm³/mol. The van der Waals surface area contributed by atoms with Crippen LogP contribution in [0.3, 0.4) is 0 Å². The van der Waals surface area contributed by atoms with E-state index in [2.05, 4.69) is 0 Å². The molecule has 0 saturated carbocycles. The van der Waals surface area contributed by atoms with Crippen molar-refractivity contribution < 1.29 is 45.7 Å². The number of benzene rings is 4. The predicted octanol–water partition coefficient (Wildman–Crippen LogP) is 9.47. The van der Waals surface area contributed by atoms with E-state index in [4.69, 9.17) is 9.47 Å². The number of hydrogen-bond donors (Lipinski definition) is 1. The van der Waals surface area contributed by atoms with Crippen molar-refractivity contribution in [3.8, 4) is 33.8 Å². The summed E-state index contributed by atoms with van der Waals surface area (Å²) >= 11 is 0. The normalized spacial score (nSPS) is 17.0. The van der Waals surface area contributed by atoms with Crippen molar-refractivity contribution in [2.24, 2.45) is 0 Å². The lowest BCUT2D eigenvalue weighted by Gasteiger charge is -2.24. The number of aryl methyl sites for hydroxylation is 2. The third-order valence-electron chi connectivity index (χ3n) is 7.86. The van der Waals surface area contributed by atoms with Crippen molar-refractivity contribution >= 4 is 6.09 Å². The van der Waals surface area contributed by atoms with Gasteiger partial charge in [0, 0.05) is 5.56 Å². The van der Waals surface area contributed by atoms with Crippen LogP contribution < -0.4 is 4.74 Å². The first-order valence-electron chi connectivity index (χ1n) is 13.9. The summed E-state index contributed by atoms with van der Waals surface area (Å²) < 4.78 is 93.4. The molecule has 0 unspecified atom stereocenters. The number of halogens is 6. The molecule has 2 atom stereocenters. The Morgan fingerprint density at radius 2 is 1.53 bits per heavy atom. The molecule has 4 aromatic rings. The van der Waals surface area contributed by atoms with Gasteiger partial charge in [0.25, 0.3) is 0 Å². The second-order valence-corrected chi connectivity index (χ2v) is 11.1. The van der Waals surface area contributed by atoms with Gasteiger partial charge in [0.15, 0.2) is 0 Å². The molecule has 1 heterocycles. The van der Waals surface area contributed by atoms with E-state index >= 15 is 0 Å². The fraction of sp³-hybridized carbons (Fsp3) is 0.265. The maximum absolute atomic E-state index is 13.9. The fourth-order valence-corrected chi connectivity index (χ4v) is 5.70. The summed E-state index contributed by atoms with van der Waals surface area (Å²) in [6.45, 7) is 5.07. The zero-order chi connectivity index (χ0) is 32.8. The molecule has 1 amide bonds. The number of methoxy groups -OCH3 is 1. The highest BCUT2D eigenvalue weighted by molar-refractivity contribution is 5.81. The molecule has 0 bridgehead atoms. The lowest BCUT2D eigenvalue weighted by Crippen LogP contribution is -2.31. The van der Waals surface area contributed by atoms with Crippen LogP contribution in [-0.4, -0.2) is 29.3 Å². The monoisotopic (exact) mass is 629 g/mol. The Kier molecular flexibility index (Phi) is 8.24. The number of rotatable bonds is 6. The molecule has 1 aliphatic heterocycles. The van der Waals surface area contributed by atoms with E-state index in [0.29, 0.717) is 34.1 Å². The first kappa shape index (κ1) is 31.7. The zero-order valence-electron chi connectivity index (χ0n) is 24.7. The van der Waals surface area contributed by atoms with Crippen molar-refractivity contribution in [2.75, 3.05) is 7.11 Å². The van der Waals surface area contributed by atoms with E-state index in [1.54, 1.807) is 31.2 Å². The summed E-state index contributed by atoms with van der Waals surface area (Å²) in [6, 6.07) is 15.9. The van der Waals surface area contributed by atoms with Gasteiger partial charge in [-0.25, -0.2) is 4.79 Å². The first-order chi connectivity index (χ1) is 21.1. The molecule has 0 aliphatic carbocycles. The number of cyclic esters (lactones) is 1. The smallest absolute Gasteiger partial charge is 0.417 e. The molecule has 0 radical (unpaired) electrons. The molecule has 4 aromatic carbocycles.